The van der Waals surface area contributed by atoms with E-state index in [9.17, 15) is 4.39 Å². The first-order chi connectivity index (χ1) is 17.7. The number of pyridine rings is 1. The number of fused-ring (bicyclic) bond motifs is 4. The molecule has 0 radical (unpaired) electrons. The smallest absolute Gasteiger partial charge is 0.149 e. The Morgan fingerprint density at radius 1 is 0.750 bits per heavy atom. The maximum absolute atomic E-state index is 14.0. The van der Waals surface area contributed by atoms with E-state index < -0.39 is 0 Å². The molecule has 3 heterocycles. The second kappa shape index (κ2) is 7.89. The van der Waals surface area contributed by atoms with Crippen LogP contribution >= 0.6 is 0 Å². The zero-order valence-corrected chi connectivity index (χ0v) is 19.4. The number of furan rings is 1. The highest BCUT2D eigenvalue weighted by molar-refractivity contribution is 6.09. The lowest BCUT2D eigenvalue weighted by molar-refractivity contribution is 0.618. The number of para-hydroxylation sites is 2. The molecule has 7 aromatic rings. The number of aromatic nitrogens is 3. The van der Waals surface area contributed by atoms with Crippen LogP contribution in [0.4, 0.5) is 4.39 Å². The normalized spacial score (nSPS) is 11.6. The quantitative estimate of drug-likeness (QED) is 0.263. The lowest BCUT2D eigenvalue weighted by atomic mass is 10.1. The first-order valence-electron chi connectivity index (χ1n) is 11.8. The SMILES string of the molecule is Cc1nc(-c2ccccc2)cc2nc(-c3cccc4c3oc3cc(F)ccc34)n(-c3ccccc3)c12. The summed E-state index contributed by atoms with van der Waals surface area (Å²) in [6.45, 7) is 2.02. The fourth-order valence-corrected chi connectivity index (χ4v) is 4.99. The summed E-state index contributed by atoms with van der Waals surface area (Å²) >= 11 is 0. The molecule has 0 saturated heterocycles. The predicted molar refractivity (Wildman–Crippen MR) is 142 cm³/mol. The molecule has 0 aliphatic rings. The van der Waals surface area contributed by atoms with E-state index in [-0.39, 0.29) is 5.82 Å². The van der Waals surface area contributed by atoms with Crippen molar-refractivity contribution in [2.75, 3.05) is 0 Å². The van der Waals surface area contributed by atoms with E-state index >= 15 is 0 Å². The maximum atomic E-state index is 14.0. The van der Waals surface area contributed by atoms with Crippen LogP contribution in [0.1, 0.15) is 5.69 Å². The third kappa shape index (κ3) is 3.13. The van der Waals surface area contributed by atoms with Crippen LogP contribution in [-0.2, 0) is 0 Å². The number of rotatable bonds is 3. The third-order valence-corrected chi connectivity index (χ3v) is 6.59. The summed E-state index contributed by atoms with van der Waals surface area (Å²) in [4.78, 5) is 10.1. The van der Waals surface area contributed by atoms with Crippen molar-refractivity contribution >= 4 is 33.0 Å². The molecule has 0 aliphatic heterocycles. The summed E-state index contributed by atoms with van der Waals surface area (Å²) in [6.07, 6.45) is 0. The minimum Gasteiger partial charge on any atom is -0.455 e. The van der Waals surface area contributed by atoms with Crippen LogP contribution in [-0.4, -0.2) is 14.5 Å². The number of nitrogens with zero attached hydrogens (tertiary/aromatic N) is 3. The molecule has 4 nitrogen and oxygen atoms in total. The number of halogens is 1. The average Bonchev–Trinajstić information content (AvgIpc) is 3.48. The van der Waals surface area contributed by atoms with E-state index in [1.165, 1.54) is 12.1 Å². The van der Waals surface area contributed by atoms with Crippen LogP contribution in [0.2, 0.25) is 0 Å². The van der Waals surface area contributed by atoms with Crippen LogP contribution in [0, 0.1) is 12.7 Å². The Morgan fingerprint density at radius 2 is 1.53 bits per heavy atom. The Bertz CT molecular complexity index is 1900. The van der Waals surface area contributed by atoms with E-state index in [0.717, 1.165) is 55.8 Å². The van der Waals surface area contributed by atoms with E-state index in [1.54, 1.807) is 6.07 Å². The van der Waals surface area contributed by atoms with Gasteiger partial charge in [0.05, 0.1) is 28.0 Å². The monoisotopic (exact) mass is 469 g/mol. The summed E-state index contributed by atoms with van der Waals surface area (Å²) in [5.41, 5.74) is 7.60. The first kappa shape index (κ1) is 20.6. The van der Waals surface area contributed by atoms with Gasteiger partial charge in [-0.25, -0.2) is 9.37 Å². The van der Waals surface area contributed by atoms with Crippen LogP contribution < -0.4 is 0 Å². The van der Waals surface area contributed by atoms with Crippen molar-refractivity contribution in [3.63, 3.8) is 0 Å². The minimum atomic E-state index is -0.324. The molecule has 3 aromatic heterocycles. The fraction of sp³-hybridized carbons (Fsp3) is 0.0323. The minimum absolute atomic E-state index is 0.324. The summed E-state index contributed by atoms with van der Waals surface area (Å²) in [6, 6.07) is 32.9. The number of aryl methyl sites for hydroxylation is 1. The number of imidazole rings is 1. The molecule has 0 atom stereocenters. The Morgan fingerprint density at radius 3 is 2.33 bits per heavy atom. The van der Waals surface area contributed by atoms with E-state index in [1.807, 2.05) is 67.6 Å². The molecule has 0 unspecified atom stereocenters. The van der Waals surface area contributed by atoms with Crippen LogP contribution in [0.15, 0.2) is 108 Å². The van der Waals surface area contributed by atoms with Gasteiger partial charge in [0.1, 0.15) is 22.8 Å². The van der Waals surface area contributed by atoms with Crippen molar-refractivity contribution in [2.24, 2.45) is 0 Å². The van der Waals surface area contributed by atoms with Gasteiger partial charge < -0.3 is 4.42 Å². The van der Waals surface area contributed by atoms with Gasteiger partial charge in [-0.1, -0.05) is 60.7 Å². The fourth-order valence-electron chi connectivity index (χ4n) is 4.99. The first-order valence-corrected chi connectivity index (χ1v) is 11.8. The van der Waals surface area contributed by atoms with Gasteiger partial charge >= 0.3 is 0 Å². The van der Waals surface area contributed by atoms with E-state index in [0.29, 0.717) is 11.2 Å². The highest BCUT2D eigenvalue weighted by Crippen LogP contribution is 2.38. The van der Waals surface area contributed by atoms with Crippen molar-refractivity contribution in [2.45, 2.75) is 6.92 Å². The predicted octanol–water partition coefficient (Wildman–Crippen LogP) is 8.10. The number of hydrogen-bond donors (Lipinski definition) is 0. The molecular weight excluding hydrogens is 449 g/mol. The molecule has 0 saturated carbocycles. The van der Waals surface area contributed by atoms with Gasteiger partial charge in [-0.2, -0.15) is 0 Å². The number of hydrogen-bond acceptors (Lipinski definition) is 3. The lowest BCUT2D eigenvalue weighted by Crippen LogP contribution is -2.00. The molecule has 0 bridgehead atoms. The summed E-state index contributed by atoms with van der Waals surface area (Å²) in [7, 11) is 0. The number of benzene rings is 4. The zero-order valence-electron chi connectivity index (χ0n) is 19.4. The second-order valence-corrected chi connectivity index (χ2v) is 8.86. The van der Waals surface area contributed by atoms with Crippen LogP contribution in [0.5, 0.6) is 0 Å². The molecule has 7 rings (SSSR count). The van der Waals surface area contributed by atoms with Crippen molar-refractivity contribution in [1.82, 2.24) is 14.5 Å². The highest BCUT2D eigenvalue weighted by Gasteiger charge is 2.22. The molecule has 36 heavy (non-hydrogen) atoms. The van der Waals surface area contributed by atoms with Crippen LogP contribution in [0.3, 0.4) is 0 Å². The molecule has 0 N–H and O–H groups in total. The Balaban J connectivity index is 1.57. The van der Waals surface area contributed by atoms with Gasteiger partial charge in [0.15, 0.2) is 0 Å². The molecular formula is C31H20FN3O. The molecule has 0 fully saturated rings. The summed E-state index contributed by atoms with van der Waals surface area (Å²) in [5, 5.41) is 1.80. The summed E-state index contributed by atoms with van der Waals surface area (Å²) in [5.74, 6) is 0.422. The van der Waals surface area contributed by atoms with E-state index in [2.05, 4.69) is 28.8 Å². The summed E-state index contributed by atoms with van der Waals surface area (Å²) < 4.78 is 22.3. The second-order valence-electron chi connectivity index (χ2n) is 8.86. The van der Waals surface area contributed by atoms with Crippen LogP contribution in [0.25, 0.3) is 61.3 Å². The maximum Gasteiger partial charge on any atom is 0.149 e. The Labute approximate surface area is 206 Å². The standard InChI is InChI=1S/C31H20FN3O/c1-19-29-27(18-26(33-19)20-9-4-2-5-10-20)34-31(35(29)22-11-6-3-7-12-22)25-14-8-13-24-23-16-15-21(32)17-28(23)36-30(24)25/h2-18H,1H3. The van der Waals surface area contributed by atoms with Gasteiger partial charge in [0.2, 0.25) is 0 Å². The molecule has 4 aromatic carbocycles. The molecule has 0 amide bonds. The van der Waals surface area contributed by atoms with Gasteiger partial charge in [-0.15, -0.1) is 0 Å². The van der Waals surface area contributed by atoms with Gasteiger partial charge in [0, 0.05) is 28.1 Å². The third-order valence-electron chi connectivity index (χ3n) is 6.59. The molecule has 172 valence electrons. The lowest BCUT2D eigenvalue weighted by Gasteiger charge is -2.11. The molecule has 5 heteroatoms. The highest BCUT2D eigenvalue weighted by atomic mass is 19.1. The average molecular weight is 470 g/mol. The largest absolute Gasteiger partial charge is 0.455 e. The van der Waals surface area contributed by atoms with Crippen molar-refractivity contribution in [3.05, 3.63) is 115 Å². The van der Waals surface area contributed by atoms with Crippen molar-refractivity contribution in [1.29, 1.82) is 0 Å². The van der Waals surface area contributed by atoms with Gasteiger partial charge in [0.25, 0.3) is 0 Å². The van der Waals surface area contributed by atoms with Crippen molar-refractivity contribution < 1.29 is 8.81 Å². The topological polar surface area (TPSA) is 43.9 Å². The van der Waals surface area contributed by atoms with Gasteiger partial charge in [-0.3, -0.25) is 9.55 Å². The van der Waals surface area contributed by atoms with Gasteiger partial charge in [-0.05, 0) is 43.3 Å². The Kier molecular flexibility index (Phi) is 4.51. The molecule has 0 aliphatic carbocycles. The van der Waals surface area contributed by atoms with E-state index in [4.69, 9.17) is 14.4 Å². The van der Waals surface area contributed by atoms with Crippen molar-refractivity contribution in [3.8, 4) is 28.3 Å². The molecule has 0 spiro atoms. The zero-order chi connectivity index (χ0) is 24.2. The Hall–Kier alpha value is -4.77.